The van der Waals surface area contributed by atoms with Crippen molar-refractivity contribution in [1.29, 1.82) is 0 Å². The molecule has 2 N–H and O–H groups in total. The molecular weight excluding hydrogens is 315 g/mol. The Kier molecular flexibility index (Phi) is 4.29. The summed E-state index contributed by atoms with van der Waals surface area (Å²) in [5.41, 5.74) is 2.48. The summed E-state index contributed by atoms with van der Waals surface area (Å²) in [7, 11) is 0. The maximum Gasteiger partial charge on any atom is 0.225 e. The largest absolute Gasteiger partial charge is 0.366 e. The van der Waals surface area contributed by atoms with Crippen molar-refractivity contribution in [2.75, 3.05) is 10.6 Å². The van der Waals surface area contributed by atoms with Gasteiger partial charge in [-0.3, -0.25) is 0 Å². The van der Waals surface area contributed by atoms with Crippen LogP contribution in [0.2, 0.25) is 0 Å². The third kappa shape index (κ3) is 3.94. The van der Waals surface area contributed by atoms with Crippen LogP contribution in [-0.2, 0) is 6.54 Å². The van der Waals surface area contributed by atoms with Crippen LogP contribution in [0.5, 0.6) is 0 Å². The highest BCUT2D eigenvalue weighted by Crippen LogP contribution is 2.26. The molecule has 4 nitrogen and oxygen atoms in total. The molecule has 0 bridgehead atoms. The number of anilines is 2. The topological polar surface area (TPSA) is 49.8 Å². The molecule has 126 valence electrons. The van der Waals surface area contributed by atoms with Gasteiger partial charge in [0.25, 0.3) is 0 Å². The minimum atomic E-state index is -0.219. The Morgan fingerprint density at radius 3 is 2.48 bits per heavy atom. The Morgan fingerprint density at radius 2 is 1.72 bits per heavy atom. The van der Waals surface area contributed by atoms with Crippen molar-refractivity contribution in [1.82, 2.24) is 9.97 Å². The summed E-state index contributed by atoms with van der Waals surface area (Å²) in [6.45, 7) is 0.376. The normalized spacial score (nSPS) is 13.5. The molecule has 3 aromatic rings. The first kappa shape index (κ1) is 15.6. The van der Waals surface area contributed by atoms with Gasteiger partial charge in [-0.2, -0.15) is 4.98 Å². The number of halogens is 1. The van der Waals surface area contributed by atoms with Crippen LogP contribution in [0.15, 0.2) is 60.7 Å². The van der Waals surface area contributed by atoms with Gasteiger partial charge in [0.1, 0.15) is 11.6 Å². The van der Waals surface area contributed by atoms with E-state index in [2.05, 4.69) is 20.6 Å². The van der Waals surface area contributed by atoms with Crippen LogP contribution in [-0.4, -0.2) is 16.0 Å². The zero-order valence-electron chi connectivity index (χ0n) is 13.7. The van der Waals surface area contributed by atoms with Gasteiger partial charge in [-0.1, -0.05) is 48.5 Å². The monoisotopic (exact) mass is 334 g/mol. The van der Waals surface area contributed by atoms with Gasteiger partial charge in [0.05, 0.1) is 5.69 Å². The van der Waals surface area contributed by atoms with E-state index in [-0.39, 0.29) is 5.82 Å². The molecule has 1 aliphatic rings. The second-order valence-corrected chi connectivity index (χ2v) is 6.19. The van der Waals surface area contributed by atoms with E-state index in [9.17, 15) is 4.39 Å². The fourth-order valence-electron chi connectivity index (χ4n) is 2.60. The molecule has 1 aliphatic carbocycles. The Morgan fingerprint density at radius 1 is 0.960 bits per heavy atom. The molecule has 1 saturated carbocycles. The molecule has 0 saturated heterocycles. The lowest BCUT2D eigenvalue weighted by Crippen LogP contribution is -2.09. The van der Waals surface area contributed by atoms with Crippen molar-refractivity contribution >= 4 is 11.8 Å². The Labute approximate surface area is 146 Å². The van der Waals surface area contributed by atoms with Crippen molar-refractivity contribution in [3.63, 3.8) is 0 Å². The van der Waals surface area contributed by atoms with E-state index >= 15 is 0 Å². The molecule has 0 amide bonds. The number of aromatic nitrogens is 2. The predicted octanol–water partition coefficient (Wildman–Crippen LogP) is 4.47. The zero-order valence-corrected chi connectivity index (χ0v) is 13.7. The predicted molar refractivity (Wildman–Crippen MR) is 97.8 cm³/mol. The highest BCUT2D eigenvalue weighted by Gasteiger charge is 2.22. The summed E-state index contributed by atoms with van der Waals surface area (Å²) < 4.78 is 13.8. The molecule has 1 fully saturated rings. The minimum Gasteiger partial charge on any atom is -0.366 e. The van der Waals surface area contributed by atoms with Crippen molar-refractivity contribution in [2.24, 2.45) is 0 Å². The Hall–Kier alpha value is -2.95. The van der Waals surface area contributed by atoms with Crippen molar-refractivity contribution in [3.05, 3.63) is 72.0 Å². The maximum atomic E-state index is 13.8. The fourth-order valence-corrected chi connectivity index (χ4v) is 2.60. The van der Waals surface area contributed by atoms with E-state index in [1.165, 1.54) is 6.07 Å². The van der Waals surface area contributed by atoms with Crippen LogP contribution in [0.25, 0.3) is 11.3 Å². The smallest absolute Gasteiger partial charge is 0.225 e. The second kappa shape index (κ2) is 6.89. The molecule has 1 aromatic heterocycles. The average molecular weight is 334 g/mol. The van der Waals surface area contributed by atoms with Crippen molar-refractivity contribution < 1.29 is 4.39 Å². The van der Waals surface area contributed by atoms with Crippen LogP contribution in [0.3, 0.4) is 0 Å². The van der Waals surface area contributed by atoms with E-state index in [1.807, 2.05) is 42.5 Å². The number of hydrogen-bond donors (Lipinski definition) is 2. The maximum absolute atomic E-state index is 13.8. The number of rotatable bonds is 6. The van der Waals surface area contributed by atoms with Gasteiger partial charge < -0.3 is 10.6 Å². The van der Waals surface area contributed by atoms with Gasteiger partial charge in [0.2, 0.25) is 5.95 Å². The zero-order chi connectivity index (χ0) is 17.1. The summed E-state index contributed by atoms with van der Waals surface area (Å²) in [5.74, 6) is 1.07. The first-order valence-corrected chi connectivity index (χ1v) is 8.46. The van der Waals surface area contributed by atoms with Crippen LogP contribution in [0.1, 0.15) is 18.4 Å². The number of benzene rings is 2. The third-order valence-corrected chi connectivity index (χ3v) is 4.12. The first-order valence-electron chi connectivity index (χ1n) is 8.46. The van der Waals surface area contributed by atoms with Gasteiger partial charge in [0, 0.05) is 29.8 Å². The van der Waals surface area contributed by atoms with E-state index in [4.69, 9.17) is 0 Å². The van der Waals surface area contributed by atoms with Crippen LogP contribution < -0.4 is 10.6 Å². The van der Waals surface area contributed by atoms with Gasteiger partial charge in [0.15, 0.2) is 0 Å². The molecule has 25 heavy (non-hydrogen) atoms. The van der Waals surface area contributed by atoms with Gasteiger partial charge in [-0.05, 0) is 18.9 Å². The lowest BCUT2D eigenvalue weighted by Gasteiger charge is -2.11. The lowest BCUT2D eigenvalue weighted by molar-refractivity contribution is 0.613. The molecule has 2 aromatic carbocycles. The summed E-state index contributed by atoms with van der Waals surface area (Å²) in [6.07, 6.45) is 2.30. The minimum absolute atomic E-state index is 0.219. The molecule has 1 heterocycles. The van der Waals surface area contributed by atoms with E-state index < -0.39 is 0 Å². The van der Waals surface area contributed by atoms with Crippen LogP contribution in [0, 0.1) is 5.82 Å². The van der Waals surface area contributed by atoms with Gasteiger partial charge in [-0.15, -0.1) is 0 Å². The van der Waals surface area contributed by atoms with E-state index in [0.29, 0.717) is 29.9 Å². The van der Waals surface area contributed by atoms with Gasteiger partial charge >= 0.3 is 0 Å². The summed E-state index contributed by atoms with van der Waals surface area (Å²) in [4.78, 5) is 9.15. The number of nitrogens with one attached hydrogen (secondary N) is 2. The molecule has 0 radical (unpaired) electrons. The molecule has 5 heteroatoms. The molecule has 0 atom stereocenters. The van der Waals surface area contributed by atoms with E-state index in [1.54, 1.807) is 12.1 Å². The van der Waals surface area contributed by atoms with Crippen LogP contribution in [0.4, 0.5) is 16.2 Å². The molecule has 4 rings (SSSR count). The second-order valence-electron chi connectivity index (χ2n) is 6.19. The summed E-state index contributed by atoms with van der Waals surface area (Å²) in [5, 5.41) is 6.55. The highest BCUT2D eigenvalue weighted by molar-refractivity contribution is 5.64. The molecular formula is C20H19FN4. The molecule has 0 aliphatic heterocycles. The summed E-state index contributed by atoms with van der Waals surface area (Å²) in [6, 6.07) is 19.1. The average Bonchev–Trinajstić information content (AvgIpc) is 3.46. The summed E-state index contributed by atoms with van der Waals surface area (Å²) >= 11 is 0. The Balaban J connectivity index is 1.60. The quantitative estimate of drug-likeness (QED) is 0.698. The van der Waals surface area contributed by atoms with Crippen molar-refractivity contribution in [2.45, 2.75) is 25.4 Å². The SMILES string of the molecule is Fc1ccccc1CNc1cc(-c2ccccc2)nc(NC2CC2)n1. The van der Waals surface area contributed by atoms with Crippen LogP contribution >= 0.6 is 0 Å². The molecule has 0 unspecified atom stereocenters. The standard InChI is InChI=1S/C20H19FN4/c21-17-9-5-4-8-15(17)13-22-19-12-18(14-6-2-1-3-7-14)24-20(25-19)23-16-10-11-16/h1-9,12,16H,10-11,13H2,(H2,22,23,24,25). The first-order chi connectivity index (χ1) is 12.3. The van der Waals surface area contributed by atoms with E-state index in [0.717, 1.165) is 24.1 Å². The molecule has 0 spiro atoms. The Bertz CT molecular complexity index is 863. The lowest BCUT2D eigenvalue weighted by atomic mass is 10.1. The highest BCUT2D eigenvalue weighted by atomic mass is 19.1. The number of nitrogens with zero attached hydrogens (tertiary/aromatic N) is 2. The fraction of sp³-hybridized carbons (Fsp3) is 0.200. The van der Waals surface area contributed by atoms with Gasteiger partial charge in [-0.25, -0.2) is 9.37 Å². The third-order valence-electron chi connectivity index (χ3n) is 4.12. The number of hydrogen-bond acceptors (Lipinski definition) is 4. The van der Waals surface area contributed by atoms with Crippen molar-refractivity contribution in [3.8, 4) is 11.3 Å².